The highest BCUT2D eigenvalue weighted by Crippen LogP contribution is 2.15. The highest BCUT2D eigenvalue weighted by Gasteiger charge is 2.25. The number of rotatable bonds is 6. The Morgan fingerprint density at radius 1 is 1.12 bits per heavy atom. The summed E-state index contributed by atoms with van der Waals surface area (Å²) < 4.78 is 16.1. The SMILES string of the molecule is COc1ccc(C(=O)N2CCN(C(=O)COC[C@@H]3CCCO3)CC2)cc1. The van der Waals surface area contributed by atoms with Gasteiger partial charge < -0.3 is 24.0 Å². The van der Waals surface area contributed by atoms with Crippen LogP contribution < -0.4 is 4.74 Å². The molecule has 0 saturated carbocycles. The Morgan fingerprint density at radius 3 is 2.42 bits per heavy atom. The summed E-state index contributed by atoms with van der Waals surface area (Å²) in [6.45, 7) is 3.46. The van der Waals surface area contributed by atoms with Gasteiger partial charge in [-0.3, -0.25) is 9.59 Å². The van der Waals surface area contributed by atoms with E-state index in [9.17, 15) is 9.59 Å². The van der Waals surface area contributed by atoms with Crippen molar-refractivity contribution in [2.24, 2.45) is 0 Å². The van der Waals surface area contributed by atoms with Crippen molar-refractivity contribution in [2.45, 2.75) is 18.9 Å². The summed E-state index contributed by atoms with van der Waals surface area (Å²) in [4.78, 5) is 28.3. The molecular weight excluding hydrogens is 336 g/mol. The maximum atomic E-state index is 12.5. The van der Waals surface area contributed by atoms with Crippen LogP contribution in [0.3, 0.4) is 0 Å². The second kappa shape index (κ2) is 9.00. The van der Waals surface area contributed by atoms with Gasteiger partial charge in [-0.2, -0.15) is 0 Å². The van der Waals surface area contributed by atoms with Crippen LogP contribution in [-0.2, 0) is 14.3 Å². The first-order valence-corrected chi connectivity index (χ1v) is 9.08. The van der Waals surface area contributed by atoms with Gasteiger partial charge in [0.15, 0.2) is 0 Å². The molecule has 0 spiro atoms. The Balaban J connectivity index is 1.41. The molecule has 2 aliphatic rings. The molecule has 1 atom stereocenters. The van der Waals surface area contributed by atoms with Gasteiger partial charge in [0.05, 0.1) is 19.8 Å². The van der Waals surface area contributed by atoms with Crippen LogP contribution in [0.15, 0.2) is 24.3 Å². The fourth-order valence-corrected chi connectivity index (χ4v) is 3.22. The molecule has 26 heavy (non-hydrogen) atoms. The van der Waals surface area contributed by atoms with Gasteiger partial charge in [-0.05, 0) is 37.1 Å². The molecule has 0 aromatic heterocycles. The fraction of sp³-hybridized carbons (Fsp3) is 0.579. The minimum atomic E-state index is -0.0282. The second-order valence-corrected chi connectivity index (χ2v) is 6.55. The number of benzene rings is 1. The second-order valence-electron chi connectivity index (χ2n) is 6.55. The predicted octanol–water partition coefficient (Wildman–Crippen LogP) is 1.18. The van der Waals surface area contributed by atoms with Crippen molar-refractivity contribution in [3.63, 3.8) is 0 Å². The van der Waals surface area contributed by atoms with Gasteiger partial charge >= 0.3 is 0 Å². The van der Waals surface area contributed by atoms with Crippen LogP contribution in [0.4, 0.5) is 0 Å². The third kappa shape index (κ3) is 4.74. The number of hydrogen-bond acceptors (Lipinski definition) is 5. The third-order valence-electron chi connectivity index (χ3n) is 4.81. The minimum Gasteiger partial charge on any atom is -0.497 e. The molecule has 2 aliphatic heterocycles. The van der Waals surface area contributed by atoms with Crippen LogP contribution in [0.25, 0.3) is 0 Å². The normalized spacial score (nSPS) is 20.3. The Bertz CT molecular complexity index is 605. The van der Waals surface area contributed by atoms with Gasteiger partial charge in [-0.25, -0.2) is 0 Å². The number of hydrogen-bond donors (Lipinski definition) is 0. The molecule has 1 aromatic carbocycles. The molecule has 0 N–H and O–H groups in total. The first kappa shape index (κ1) is 18.7. The minimum absolute atomic E-state index is 0.0191. The number of methoxy groups -OCH3 is 1. The van der Waals surface area contributed by atoms with Gasteiger partial charge in [0.2, 0.25) is 5.91 Å². The molecule has 0 radical (unpaired) electrons. The Hall–Kier alpha value is -2.12. The summed E-state index contributed by atoms with van der Waals surface area (Å²) in [7, 11) is 1.59. The number of piperazine rings is 1. The van der Waals surface area contributed by atoms with Crippen molar-refractivity contribution in [3.05, 3.63) is 29.8 Å². The van der Waals surface area contributed by atoms with Crippen molar-refractivity contribution in [1.82, 2.24) is 9.80 Å². The Morgan fingerprint density at radius 2 is 1.81 bits per heavy atom. The zero-order chi connectivity index (χ0) is 18.4. The van der Waals surface area contributed by atoms with Crippen LogP contribution >= 0.6 is 0 Å². The molecule has 142 valence electrons. The van der Waals surface area contributed by atoms with Gasteiger partial charge in [0.1, 0.15) is 12.4 Å². The summed E-state index contributed by atoms with van der Waals surface area (Å²) in [6.07, 6.45) is 2.19. The molecule has 0 unspecified atom stereocenters. The van der Waals surface area contributed by atoms with E-state index in [2.05, 4.69) is 0 Å². The lowest BCUT2D eigenvalue weighted by Crippen LogP contribution is -2.51. The average Bonchev–Trinajstić information content (AvgIpc) is 3.21. The van der Waals surface area contributed by atoms with Crippen molar-refractivity contribution in [2.75, 3.05) is 53.1 Å². The number of amides is 2. The van der Waals surface area contributed by atoms with Gasteiger partial charge in [-0.1, -0.05) is 0 Å². The van der Waals surface area contributed by atoms with Crippen molar-refractivity contribution in [3.8, 4) is 5.75 Å². The lowest BCUT2D eigenvalue weighted by Gasteiger charge is -2.34. The van der Waals surface area contributed by atoms with Crippen LogP contribution in [0.5, 0.6) is 5.75 Å². The standard InChI is InChI=1S/C19H26N2O5/c1-24-16-6-4-15(5-7-16)19(23)21-10-8-20(9-11-21)18(22)14-25-13-17-3-2-12-26-17/h4-7,17H,2-3,8-14H2,1H3/t17-/m0/s1. The molecule has 2 heterocycles. The number of carbonyl (C=O) groups is 2. The molecule has 7 nitrogen and oxygen atoms in total. The summed E-state index contributed by atoms with van der Waals surface area (Å²) in [6, 6.07) is 7.08. The lowest BCUT2D eigenvalue weighted by atomic mass is 10.1. The van der Waals surface area contributed by atoms with Crippen LogP contribution in [-0.4, -0.2) is 80.8 Å². The van der Waals surface area contributed by atoms with Crippen LogP contribution in [0, 0.1) is 0 Å². The number of nitrogens with zero attached hydrogens (tertiary/aromatic N) is 2. The number of ether oxygens (including phenoxy) is 3. The van der Waals surface area contributed by atoms with E-state index in [1.54, 1.807) is 41.2 Å². The predicted molar refractivity (Wildman–Crippen MR) is 95.3 cm³/mol. The summed E-state index contributed by atoms with van der Waals surface area (Å²) in [5.41, 5.74) is 0.630. The molecule has 2 fully saturated rings. The Labute approximate surface area is 153 Å². The zero-order valence-corrected chi connectivity index (χ0v) is 15.2. The summed E-state index contributed by atoms with van der Waals surface area (Å²) in [5.74, 6) is 0.675. The zero-order valence-electron chi connectivity index (χ0n) is 15.2. The molecule has 3 rings (SSSR count). The molecule has 2 saturated heterocycles. The summed E-state index contributed by atoms with van der Waals surface area (Å²) in [5, 5.41) is 0. The smallest absolute Gasteiger partial charge is 0.253 e. The van der Waals surface area contributed by atoms with Crippen LogP contribution in [0.1, 0.15) is 23.2 Å². The molecule has 7 heteroatoms. The first-order valence-electron chi connectivity index (χ1n) is 9.08. The third-order valence-corrected chi connectivity index (χ3v) is 4.81. The maximum absolute atomic E-state index is 12.5. The maximum Gasteiger partial charge on any atom is 0.253 e. The molecule has 1 aromatic rings. The van der Waals surface area contributed by atoms with E-state index in [4.69, 9.17) is 14.2 Å². The molecule has 0 bridgehead atoms. The van der Waals surface area contributed by atoms with Gasteiger partial charge in [-0.15, -0.1) is 0 Å². The first-order chi connectivity index (χ1) is 12.7. The van der Waals surface area contributed by atoms with E-state index in [0.29, 0.717) is 38.3 Å². The van der Waals surface area contributed by atoms with E-state index >= 15 is 0 Å². The topological polar surface area (TPSA) is 68.3 Å². The van der Waals surface area contributed by atoms with Gasteiger partial charge in [0.25, 0.3) is 5.91 Å². The van der Waals surface area contributed by atoms with Crippen LogP contribution in [0.2, 0.25) is 0 Å². The van der Waals surface area contributed by atoms with Crippen molar-refractivity contribution >= 4 is 11.8 Å². The molecule has 0 aliphatic carbocycles. The Kier molecular flexibility index (Phi) is 6.46. The van der Waals surface area contributed by atoms with Crippen molar-refractivity contribution in [1.29, 1.82) is 0 Å². The summed E-state index contributed by atoms with van der Waals surface area (Å²) >= 11 is 0. The quantitative estimate of drug-likeness (QED) is 0.760. The van der Waals surface area contributed by atoms with E-state index < -0.39 is 0 Å². The fourth-order valence-electron chi connectivity index (χ4n) is 3.22. The average molecular weight is 362 g/mol. The monoisotopic (exact) mass is 362 g/mol. The largest absolute Gasteiger partial charge is 0.497 e. The molecule has 2 amide bonds. The van der Waals surface area contributed by atoms with Gasteiger partial charge in [0, 0.05) is 38.3 Å². The molecular formula is C19H26N2O5. The highest BCUT2D eigenvalue weighted by molar-refractivity contribution is 5.94. The van der Waals surface area contributed by atoms with E-state index in [-0.39, 0.29) is 24.5 Å². The van der Waals surface area contributed by atoms with E-state index in [0.717, 1.165) is 25.2 Å². The highest BCUT2D eigenvalue weighted by atomic mass is 16.5. The van der Waals surface area contributed by atoms with E-state index in [1.165, 1.54) is 0 Å². The van der Waals surface area contributed by atoms with Crippen molar-refractivity contribution < 1.29 is 23.8 Å². The lowest BCUT2D eigenvalue weighted by molar-refractivity contribution is -0.138. The number of carbonyl (C=O) groups excluding carboxylic acids is 2. The van der Waals surface area contributed by atoms with E-state index in [1.807, 2.05) is 0 Å².